The zero-order valence-corrected chi connectivity index (χ0v) is 13.2. The Labute approximate surface area is 136 Å². The van der Waals surface area contributed by atoms with Crippen molar-refractivity contribution in [3.63, 3.8) is 0 Å². The van der Waals surface area contributed by atoms with Crippen LogP contribution in [0.5, 0.6) is 0 Å². The summed E-state index contributed by atoms with van der Waals surface area (Å²) in [6.07, 6.45) is 1.93. The molecule has 3 rings (SSSR count). The van der Waals surface area contributed by atoms with Crippen LogP contribution < -0.4 is 4.90 Å². The average Bonchev–Trinajstić information content (AvgIpc) is 2.60. The summed E-state index contributed by atoms with van der Waals surface area (Å²) in [6, 6.07) is 19.6. The molecule has 0 N–H and O–H groups in total. The van der Waals surface area contributed by atoms with Gasteiger partial charge in [0.15, 0.2) is 5.78 Å². The van der Waals surface area contributed by atoms with E-state index in [4.69, 9.17) is 5.26 Å². The molecule has 23 heavy (non-hydrogen) atoms. The number of hydrogen-bond donors (Lipinski definition) is 0. The lowest BCUT2D eigenvalue weighted by Gasteiger charge is -2.38. The number of Topliss-reactive ketones (excluding diaryl/α,β-unsaturated/α-hetero) is 1. The van der Waals surface area contributed by atoms with Gasteiger partial charge < -0.3 is 4.90 Å². The predicted molar refractivity (Wildman–Crippen MR) is 90.7 cm³/mol. The van der Waals surface area contributed by atoms with Crippen LogP contribution in [0.25, 0.3) is 0 Å². The molecule has 2 aromatic rings. The maximum atomic E-state index is 12.5. The van der Waals surface area contributed by atoms with E-state index in [1.165, 1.54) is 0 Å². The molecule has 3 heteroatoms. The first-order valence-corrected chi connectivity index (χ1v) is 7.68. The molecule has 0 fully saturated rings. The molecule has 114 valence electrons. The number of para-hydroxylation sites is 1. The third kappa shape index (κ3) is 2.76. The molecule has 0 amide bonds. The Kier molecular flexibility index (Phi) is 3.99. The fourth-order valence-corrected chi connectivity index (χ4v) is 3.14. The highest BCUT2D eigenvalue weighted by Crippen LogP contribution is 2.38. The molecule has 0 unspecified atom stereocenters. The Balaban J connectivity index is 2.09. The Morgan fingerprint density at radius 2 is 1.70 bits per heavy atom. The Morgan fingerprint density at radius 3 is 2.30 bits per heavy atom. The van der Waals surface area contributed by atoms with E-state index in [0.717, 1.165) is 16.8 Å². The number of anilines is 1. The molecule has 0 aliphatic carbocycles. The van der Waals surface area contributed by atoms with Gasteiger partial charge in [0.05, 0.1) is 17.7 Å². The fraction of sp³-hybridized carbons (Fsp3) is 0.200. The lowest BCUT2D eigenvalue weighted by atomic mass is 9.84. The molecule has 0 radical (unpaired) electrons. The predicted octanol–water partition coefficient (Wildman–Crippen LogP) is 4.23. The fourth-order valence-electron chi connectivity index (χ4n) is 3.14. The van der Waals surface area contributed by atoms with Crippen molar-refractivity contribution in [3.05, 3.63) is 77.5 Å². The van der Waals surface area contributed by atoms with Gasteiger partial charge in [-0.15, -0.1) is 0 Å². The molecule has 1 heterocycles. The number of carbonyl (C=O) groups excluding carboxylic acids is 1. The number of allylic oxidation sites excluding steroid dienone is 1. The number of rotatable bonds is 2. The van der Waals surface area contributed by atoms with Gasteiger partial charge in [-0.05, 0) is 36.8 Å². The van der Waals surface area contributed by atoms with Gasteiger partial charge in [-0.3, -0.25) is 4.79 Å². The first-order valence-electron chi connectivity index (χ1n) is 7.68. The van der Waals surface area contributed by atoms with Crippen molar-refractivity contribution < 1.29 is 4.79 Å². The van der Waals surface area contributed by atoms with Crippen LogP contribution in [0.4, 0.5) is 5.69 Å². The van der Waals surface area contributed by atoms with Gasteiger partial charge in [-0.2, -0.15) is 5.26 Å². The first-order chi connectivity index (χ1) is 11.1. The summed E-state index contributed by atoms with van der Waals surface area (Å²) in [5.41, 5.74) is 3.49. The van der Waals surface area contributed by atoms with Gasteiger partial charge in [-0.1, -0.05) is 37.3 Å². The van der Waals surface area contributed by atoms with Gasteiger partial charge in [-0.25, -0.2) is 0 Å². The van der Waals surface area contributed by atoms with E-state index in [2.05, 4.69) is 11.0 Å². The van der Waals surface area contributed by atoms with Crippen molar-refractivity contribution in [3.8, 4) is 6.07 Å². The van der Waals surface area contributed by atoms with Crippen molar-refractivity contribution in [2.24, 2.45) is 5.92 Å². The maximum absolute atomic E-state index is 12.5. The number of ketones is 1. The normalized spacial score (nSPS) is 20.8. The lowest BCUT2D eigenvalue weighted by molar-refractivity contribution is -0.119. The van der Waals surface area contributed by atoms with Crippen LogP contribution in [0.2, 0.25) is 0 Å². The molecule has 2 atom stereocenters. The van der Waals surface area contributed by atoms with Crippen LogP contribution in [-0.2, 0) is 4.79 Å². The number of benzene rings is 2. The van der Waals surface area contributed by atoms with Crippen LogP contribution in [0.3, 0.4) is 0 Å². The minimum atomic E-state index is -0.145. The van der Waals surface area contributed by atoms with E-state index < -0.39 is 0 Å². The van der Waals surface area contributed by atoms with E-state index in [1.807, 2.05) is 62.5 Å². The quantitative estimate of drug-likeness (QED) is 0.834. The Morgan fingerprint density at radius 1 is 1.04 bits per heavy atom. The van der Waals surface area contributed by atoms with Crippen molar-refractivity contribution in [2.45, 2.75) is 19.9 Å². The van der Waals surface area contributed by atoms with Crippen molar-refractivity contribution in [1.82, 2.24) is 0 Å². The molecule has 0 aromatic heterocycles. The molecular formula is C20H18N2O. The average molecular weight is 302 g/mol. The number of carbonyl (C=O) groups is 1. The summed E-state index contributed by atoms with van der Waals surface area (Å²) >= 11 is 0. The standard InChI is InChI=1S/C20H18N2O/c1-14-13-22(18-6-4-3-5-7-18)19(15(2)20(14)23)17-10-8-16(12-21)9-11-17/h3-11,13,15,19H,1-2H3/t15-,19+/m1/s1. The van der Waals surface area contributed by atoms with Crippen LogP contribution in [0.15, 0.2) is 66.4 Å². The SMILES string of the molecule is CC1=CN(c2ccccc2)[C@H](c2ccc(C#N)cc2)[C@@H](C)C1=O. The second kappa shape index (κ2) is 6.10. The van der Waals surface area contributed by atoms with Gasteiger partial charge in [0, 0.05) is 23.4 Å². The second-order valence-electron chi connectivity index (χ2n) is 5.89. The summed E-state index contributed by atoms with van der Waals surface area (Å²) in [4.78, 5) is 14.6. The minimum absolute atomic E-state index is 0.0682. The van der Waals surface area contributed by atoms with Crippen molar-refractivity contribution in [1.29, 1.82) is 5.26 Å². The third-order valence-electron chi connectivity index (χ3n) is 4.34. The minimum Gasteiger partial charge on any atom is -0.339 e. The maximum Gasteiger partial charge on any atom is 0.165 e. The molecule has 3 nitrogen and oxygen atoms in total. The van der Waals surface area contributed by atoms with Gasteiger partial charge >= 0.3 is 0 Å². The zero-order valence-electron chi connectivity index (χ0n) is 13.2. The first kappa shape index (κ1) is 15.1. The number of nitrogens with zero attached hydrogens (tertiary/aromatic N) is 2. The summed E-state index contributed by atoms with van der Waals surface area (Å²) < 4.78 is 0. The monoisotopic (exact) mass is 302 g/mol. The van der Waals surface area contributed by atoms with Gasteiger partial charge in [0.25, 0.3) is 0 Å². The van der Waals surface area contributed by atoms with E-state index in [-0.39, 0.29) is 17.7 Å². The van der Waals surface area contributed by atoms with Crippen LogP contribution in [0, 0.1) is 17.2 Å². The Bertz CT molecular complexity index is 785. The number of hydrogen-bond acceptors (Lipinski definition) is 3. The molecule has 0 saturated heterocycles. The molecule has 0 spiro atoms. The van der Waals surface area contributed by atoms with E-state index in [0.29, 0.717) is 5.56 Å². The van der Waals surface area contributed by atoms with E-state index >= 15 is 0 Å². The third-order valence-corrected chi connectivity index (χ3v) is 4.34. The van der Waals surface area contributed by atoms with Crippen LogP contribution in [-0.4, -0.2) is 5.78 Å². The highest BCUT2D eigenvalue weighted by atomic mass is 16.1. The second-order valence-corrected chi connectivity index (χ2v) is 5.89. The Hall–Kier alpha value is -2.86. The lowest BCUT2D eigenvalue weighted by Crippen LogP contribution is -2.37. The highest BCUT2D eigenvalue weighted by Gasteiger charge is 2.34. The van der Waals surface area contributed by atoms with Crippen molar-refractivity contribution in [2.75, 3.05) is 4.90 Å². The molecule has 2 aromatic carbocycles. The largest absolute Gasteiger partial charge is 0.339 e. The van der Waals surface area contributed by atoms with Crippen molar-refractivity contribution >= 4 is 11.5 Å². The molecule has 1 aliphatic heterocycles. The molecule has 0 saturated carbocycles. The molecular weight excluding hydrogens is 284 g/mol. The van der Waals surface area contributed by atoms with Crippen LogP contribution >= 0.6 is 0 Å². The highest BCUT2D eigenvalue weighted by molar-refractivity contribution is 5.99. The smallest absolute Gasteiger partial charge is 0.165 e. The number of nitriles is 1. The summed E-state index contributed by atoms with van der Waals surface area (Å²) in [7, 11) is 0. The molecule has 0 bridgehead atoms. The summed E-state index contributed by atoms with van der Waals surface area (Å²) in [5.74, 6) is 0.0275. The molecule has 1 aliphatic rings. The van der Waals surface area contributed by atoms with Gasteiger partial charge in [0.2, 0.25) is 0 Å². The summed E-state index contributed by atoms with van der Waals surface area (Å²) in [5, 5.41) is 8.97. The van der Waals surface area contributed by atoms with Crippen LogP contribution in [0.1, 0.15) is 31.0 Å². The van der Waals surface area contributed by atoms with E-state index in [9.17, 15) is 4.79 Å². The van der Waals surface area contributed by atoms with E-state index in [1.54, 1.807) is 12.1 Å². The topological polar surface area (TPSA) is 44.1 Å². The van der Waals surface area contributed by atoms with Gasteiger partial charge in [0.1, 0.15) is 0 Å². The zero-order chi connectivity index (χ0) is 16.4. The summed E-state index contributed by atoms with van der Waals surface area (Å²) in [6.45, 7) is 3.83.